The van der Waals surface area contributed by atoms with Gasteiger partial charge in [0.25, 0.3) is 0 Å². The molecule has 0 fully saturated rings. The summed E-state index contributed by atoms with van der Waals surface area (Å²) in [6, 6.07) is 6.78. The van der Waals surface area contributed by atoms with Gasteiger partial charge in [0.2, 0.25) is 0 Å². The van der Waals surface area contributed by atoms with Crippen molar-refractivity contribution < 1.29 is 0 Å². The fraction of sp³-hybridized carbons (Fsp3) is 0.636. The van der Waals surface area contributed by atoms with Crippen molar-refractivity contribution in [1.82, 2.24) is 0 Å². The van der Waals surface area contributed by atoms with Crippen LogP contribution in [0.1, 0.15) is 140 Å². The molecule has 2 rings (SSSR count). The largest absolute Gasteiger partial charge is 0.0995 e. The molecule has 1 aromatic carbocycles. The van der Waals surface area contributed by atoms with Gasteiger partial charge in [0.15, 0.2) is 0 Å². The summed E-state index contributed by atoms with van der Waals surface area (Å²) < 4.78 is 0. The van der Waals surface area contributed by atoms with Gasteiger partial charge < -0.3 is 0 Å². The number of hydrogen-bond acceptors (Lipinski definition) is 0. The zero-order valence-corrected chi connectivity index (χ0v) is 22.3. The van der Waals surface area contributed by atoms with Gasteiger partial charge in [-0.1, -0.05) is 146 Å². The Kier molecular flexibility index (Phi) is 13.5. The van der Waals surface area contributed by atoms with E-state index >= 15 is 0 Å². The summed E-state index contributed by atoms with van der Waals surface area (Å²) in [6.07, 6.45) is 25.4. The van der Waals surface area contributed by atoms with E-state index in [1.54, 1.807) is 0 Å². The quantitative estimate of drug-likeness (QED) is 0.155. The van der Waals surface area contributed by atoms with E-state index in [0.29, 0.717) is 5.92 Å². The Morgan fingerprint density at radius 1 is 0.788 bits per heavy atom. The zero-order chi connectivity index (χ0) is 23.9. The molecule has 0 spiro atoms. The lowest BCUT2D eigenvalue weighted by Crippen LogP contribution is -2.11. The summed E-state index contributed by atoms with van der Waals surface area (Å²) in [5.74, 6) is 0.520. The molecule has 1 aromatic rings. The van der Waals surface area contributed by atoms with E-state index in [9.17, 15) is 0 Å². The third-order valence-corrected chi connectivity index (χ3v) is 7.54. The number of benzene rings is 1. The summed E-state index contributed by atoms with van der Waals surface area (Å²) in [4.78, 5) is 0. The Morgan fingerprint density at radius 3 is 1.94 bits per heavy atom. The number of unbranched alkanes of at least 4 members (excludes halogenated alkanes) is 12. The zero-order valence-electron chi connectivity index (χ0n) is 22.3. The van der Waals surface area contributed by atoms with Crippen molar-refractivity contribution in [1.29, 1.82) is 0 Å². The van der Waals surface area contributed by atoms with Gasteiger partial charge >= 0.3 is 0 Å². The molecule has 0 heterocycles. The van der Waals surface area contributed by atoms with Gasteiger partial charge in [-0.15, -0.1) is 0 Å². The minimum absolute atomic E-state index is 0.520. The Labute approximate surface area is 206 Å². The van der Waals surface area contributed by atoms with Crippen LogP contribution in [0.2, 0.25) is 0 Å². The number of allylic oxidation sites excluding steroid dienone is 3. The highest BCUT2D eigenvalue weighted by Gasteiger charge is 2.23. The lowest BCUT2D eigenvalue weighted by molar-refractivity contribution is 0.539. The minimum atomic E-state index is 0.520. The summed E-state index contributed by atoms with van der Waals surface area (Å²) in [5.41, 5.74) is 8.38. The summed E-state index contributed by atoms with van der Waals surface area (Å²) >= 11 is 0. The fourth-order valence-corrected chi connectivity index (χ4v) is 5.45. The summed E-state index contributed by atoms with van der Waals surface area (Å²) in [5, 5.41) is 0. The molecule has 0 heteroatoms. The molecule has 33 heavy (non-hydrogen) atoms. The molecule has 0 amide bonds. The average molecular weight is 449 g/mol. The molecule has 1 unspecified atom stereocenters. The van der Waals surface area contributed by atoms with E-state index in [4.69, 9.17) is 0 Å². The molecule has 0 saturated carbocycles. The predicted molar refractivity (Wildman–Crippen MR) is 151 cm³/mol. The number of hydrogen-bond donors (Lipinski definition) is 0. The maximum absolute atomic E-state index is 4.48. The molecule has 184 valence electrons. The van der Waals surface area contributed by atoms with E-state index in [-0.39, 0.29) is 0 Å². The average Bonchev–Trinajstić information content (AvgIpc) is 2.80. The summed E-state index contributed by atoms with van der Waals surface area (Å²) in [7, 11) is 0. The second-order valence-corrected chi connectivity index (χ2v) is 10.6. The van der Waals surface area contributed by atoms with E-state index in [1.165, 1.54) is 136 Å². The Morgan fingerprint density at radius 2 is 1.36 bits per heavy atom. The minimum Gasteiger partial charge on any atom is -0.0995 e. The van der Waals surface area contributed by atoms with Crippen molar-refractivity contribution in [2.75, 3.05) is 0 Å². The Hall–Kier alpha value is -1.56. The maximum Gasteiger partial charge on any atom is 0.00489 e. The Bertz CT molecular complexity index is 747. The third-order valence-electron chi connectivity index (χ3n) is 7.54. The molecule has 1 aliphatic carbocycles. The van der Waals surface area contributed by atoms with Gasteiger partial charge in [0.1, 0.15) is 0 Å². The Balaban J connectivity index is 1.63. The molecular weight excluding hydrogens is 396 g/mol. The van der Waals surface area contributed by atoms with Crippen LogP contribution in [0, 0.1) is 5.92 Å². The van der Waals surface area contributed by atoms with Crippen LogP contribution in [0.5, 0.6) is 0 Å². The van der Waals surface area contributed by atoms with Crippen molar-refractivity contribution in [3.8, 4) is 0 Å². The van der Waals surface area contributed by atoms with Crippen LogP contribution >= 0.6 is 0 Å². The van der Waals surface area contributed by atoms with E-state index < -0.39 is 0 Å². The third kappa shape index (κ3) is 9.68. The molecular formula is C33H52. The van der Waals surface area contributed by atoms with Crippen LogP contribution in [-0.4, -0.2) is 0 Å². The van der Waals surface area contributed by atoms with Crippen LogP contribution in [0.25, 0.3) is 11.6 Å². The first-order chi connectivity index (χ1) is 16.1. The standard InChI is InChI=1S/C33H52/c1-6-8-9-10-11-12-13-14-15-16-17-18-19-22-27(3)25-30-23-20-24-32-29(5)31(21-7-2)28(4)26-33(30)32/h20,23-24,26,31H,3,5-19,21-22,25H2,1-2,4H3. The molecule has 0 aromatic heterocycles. The van der Waals surface area contributed by atoms with Gasteiger partial charge in [-0.25, -0.2) is 0 Å². The van der Waals surface area contributed by atoms with Gasteiger partial charge in [0, 0.05) is 5.92 Å². The normalized spacial score (nSPS) is 15.4. The van der Waals surface area contributed by atoms with Gasteiger partial charge in [0.05, 0.1) is 0 Å². The molecule has 0 N–H and O–H groups in total. The molecule has 1 atom stereocenters. The van der Waals surface area contributed by atoms with Crippen LogP contribution in [0.3, 0.4) is 0 Å². The van der Waals surface area contributed by atoms with Crippen molar-refractivity contribution in [2.45, 2.75) is 130 Å². The van der Waals surface area contributed by atoms with Gasteiger partial charge in [-0.3, -0.25) is 0 Å². The van der Waals surface area contributed by atoms with Crippen molar-refractivity contribution >= 4 is 11.6 Å². The molecule has 0 bridgehead atoms. The van der Waals surface area contributed by atoms with Crippen molar-refractivity contribution in [3.63, 3.8) is 0 Å². The summed E-state index contributed by atoms with van der Waals surface area (Å²) in [6.45, 7) is 15.8. The van der Waals surface area contributed by atoms with Gasteiger partial charge in [-0.05, 0) is 54.9 Å². The SMILES string of the molecule is C=C(CCCCCCCCCCCCCCC)Cc1cccc2c1C=C(C)C(CCC)C2=C. The number of rotatable bonds is 18. The number of fused-ring (bicyclic) bond motifs is 1. The van der Waals surface area contributed by atoms with Crippen LogP contribution in [-0.2, 0) is 6.42 Å². The van der Waals surface area contributed by atoms with Crippen molar-refractivity contribution in [2.24, 2.45) is 5.92 Å². The second-order valence-electron chi connectivity index (χ2n) is 10.6. The van der Waals surface area contributed by atoms with E-state index in [2.05, 4.69) is 58.2 Å². The first-order valence-electron chi connectivity index (χ1n) is 14.2. The molecule has 0 saturated heterocycles. The first kappa shape index (κ1) is 27.7. The lowest BCUT2D eigenvalue weighted by atomic mass is 9.76. The van der Waals surface area contributed by atoms with Crippen molar-refractivity contribution in [3.05, 3.63) is 59.2 Å². The molecule has 1 aliphatic rings. The van der Waals surface area contributed by atoms with E-state index in [1.807, 2.05) is 0 Å². The van der Waals surface area contributed by atoms with E-state index in [0.717, 1.165) is 6.42 Å². The monoisotopic (exact) mass is 448 g/mol. The smallest absolute Gasteiger partial charge is 0.00489 e. The highest BCUT2D eigenvalue weighted by atomic mass is 14.3. The van der Waals surface area contributed by atoms with Crippen LogP contribution in [0.15, 0.2) is 42.5 Å². The maximum atomic E-state index is 4.48. The predicted octanol–water partition coefficient (Wildman–Crippen LogP) is 11.1. The van der Waals surface area contributed by atoms with Crippen LogP contribution in [0.4, 0.5) is 0 Å². The molecule has 0 radical (unpaired) electrons. The highest BCUT2D eigenvalue weighted by Crippen LogP contribution is 2.40. The topological polar surface area (TPSA) is 0 Å². The molecule has 0 aliphatic heterocycles. The first-order valence-corrected chi connectivity index (χ1v) is 14.2. The van der Waals surface area contributed by atoms with Crippen LogP contribution < -0.4 is 0 Å². The van der Waals surface area contributed by atoms with Gasteiger partial charge in [-0.2, -0.15) is 0 Å². The lowest BCUT2D eigenvalue weighted by Gasteiger charge is -2.28. The fourth-order valence-electron chi connectivity index (χ4n) is 5.45. The molecule has 0 nitrogen and oxygen atoms in total. The highest BCUT2D eigenvalue weighted by molar-refractivity contribution is 5.83. The second kappa shape index (κ2) is 16.1.